The van der Waals surface area contributed by atoms with E-state index in [0.29, 0.717) is 0 Å². The molecule has 1 aromatic heterocycles. The van der Waals surface area contributed by atoms with E-state index < -0.39 is 0 Å². The Hall–Kier alpha value is -1.48. The Kier molecular flexibility index (Phi) is 2.19. The van der Waals surface area contributed by atoms with Gasteiger partial charge < -0.3 is 0 Å². The van der Waals surface area contributed by atoms with Crippen molar-refractivity contribution in [3.63, 3.8) is 0 Å². The quantitative estimate of drug-likeness (QED) is 0.794. The predicted molar refractivity (Wildman–Crippen MR) is 52.7 cm³/mol. The van der Waals surface area contributed by atoms with Gasteiger partial charge >= 0.3 is 0 Å². The fourth-order valence-electron chi connectivity index (χ4n) is 0.999. The Morgan fingerprint density at radius 3 is 2.62 bits per heavy atom. The summed E-state index contributed by atoms with van der Waals surface area (Å²) in [4.78, 5) is 3.91. The minimum absolute atomic E-state index is 0.733. The van der Waals surface area contributed by atoms with Crippen LogP contribution in [-0.4, -0.2) is 9.66 Å². The Balaban J connectivity index is 2.15. The molecule has 0 aliphatic carbocycles. The molecule has 1 N–H and O–H groups in total. The Bertz CT molecular complexity index is 366. The lowest BCUT2D eigenvalue weighted by molar-refractivity contribution is 0.955. The van der Waals surface area contributed by atoms with E-state index in [-0.39, 0.29) is 0 Å². The maximum Gasteiger partial charge on any atom is 0.114 e. The van der Waals surface area contributed by atoms with Crippen molar-refractivity contribution in [1.29, 1.82) is 0 Å². The lowest BCUT2D eigenvalue weighted by Crippen LogP contribution is -2.05. The molecule has 0 aliphatic heterocycles. The van der Waals surface area contributed by atoms with Crippen LogP contribution in [0.15, 0.2) is 43.0 Å². The largest absolute Gasteiger partial charge is 0.293 e. The van der Waals surface area contributed by atoms with E-state index in [4.69, 9.17) is 11.6 Å². The van der Waals surface area contributed by atoms with Crippen LogP contribution in [0.25, 0.3) is 0 Å². The van der Waals surface area contributed by atoms with E-state index in [1.807, 2.05) is 30.5 Å². The van der Waals surface area contributed by atoms with Gasteiger partial charge in [0.1, 0.15) is 6.33 Å². The highest BCUT2D eigenvalue weighted by Gasteiger charge is 1.91. The summed E-state index contributed by atoms with van der Waals surface area (Å²) in [5.41, 5.74) is 4.08. The van der Waals surface area contributed by atoms with E-state index in [2.05, 4.69) is 10.4 Å². The Morgan fingerprint density at radius 2 is 2.00 bits per heavy atom. The van der Waals surface area contributed by atoms with Crippen LogP contribution in [0.4, 0.5) is 5.69 Å². The summed E-state index contributed by atoms with van der Waals surface area (Å²) >= 11 is 5.75. The second kappa shape index (κ2) is 3.49. The van der Waals surface area contributed by atoms with Crippen LogP contribution in [-0.2, 0) is 0 Å². The molecule has 1 heterocycles. The molecule has 0 saturated carbocycles. The van der Waals surface area contributed by atoms with Crippen molar-refractivity contribution in [2.24, 2.45) is 0 Å². The number of nitrogens with zero attached hydrogens (tertiary/aromatic N) is 2. The predicted octanol–water partition coefficient (Wildman–Crippen LogP) is 2.41. The molecule has 0 aliphatic rings. The van der Waals surface area contributed by atoms with Gasteiger partial charge in [-0.2, -0.15) is 0 Å². The Labute approximate surface area is 81.0 Å². The fourth-order valence-corrected chi connectivity index (χ4v) is 1.12. The summed E-state index contributed by atoms with van der Waals surface area (Å²) in [6.07, 6.45) is 5.23. The number of halogens is 1. The van der Waals surface area contributed by atoms with Crippen molar-refractivity contribution in [3.8, 4) is 0 Å². The topological polar surface area (TPSA) is 29.9 Å². The van der Waals surface area contributed by atoms with Crippen LogP contribution in [0.2, 0.25) is 5.02 Å². The van der Waals surface area contributed by atoms with Crippen molar-refractivity contribution in [1.82, 2.24) is 9.66 Å². The van der Waals surface area contributed by atoms with Gasteiger partial charge in [-0.25, -0.2) is 4.98 Å². The summed E-state index contributed by atoms with van der Waals surface area (Å²) < 4.78 is 1.77. The van der Waals surface area contributed by atoms with Crippen LogP contribution in [0.3, 0.4) is 0 Å². The normalized spacial score (nSPS) is 9.92. The molecule has 0 saturated heterocycles. The number of benzene rings is 1. The van der Waals surface area contributed by atoms with Crippen LogP contribution in [0.5, 0.6) is 0 Å². The standard InChI is InChI=1S/C9H8ClN3/c10-8-1-3-9(4-2-8)12-13-6-5-11-7-13/h1-7,12H. The first kappa shape index (κ1) is 8.13. The first-order valence-corrected chi connectivity index (χ1v) is 4.23. The van der Waals surface area contributed by atoms with Gasteiger partial charge in [0.25, 0.3) is 0 Å². The molecule has 13 heavy (non-hydrogen) atoms. The maximum absolute atomic E-state index is 5.75. The minimum Gasteiger partial charge on any atom is -0.293 e. The van der Waals surface area contributed by atoms with Gasteiger partial charge in [0.2, 0.25) is 0 Å². The molecule has 0 bridgehead atoms. The zero-order valence-electron chi connectivity index (χ0n) is 6.81. The monoisotopic (exact) mass is 193 g/mol. The number of anilines is 1. The highest BCUT2D eigenvalue weighted by molar-refractivity contribution is 6.30. The van der Waals surface area contributed by atoms with Crippen molar-refractivity contribution in [3.05, 3.63) is 48.0 Å². The van der Waals surface area contributed by atoms with Crippen LogP contribution < -0.4 is 5.43 Å². The van der Waals surface area contributed by atoms with Crippen LogP contribution in [0.1, 0.15) is 0 Å². The highest BCUT2D eigenvalue weighted by atomic mass is 35.5. The van der Waals surface area contributed by atoms with Gasteiger partial charge in [-0.15, -0.1) is 0 Å². The third-order valence-electron chi connectivity index (χ3n) is 1.61. The molecule has 0 unspecified atom stereocenters. The molecule has 66 valence electrons. The van der Waals surface area contributed by atoms with Crippen molar-refractivity contribution >= 4 is 17.3 Å². The third kappa shape index (κ3) is 2.00. The maximum atomic E-state index is 5.75. The SMILES string of the molecule is Clc1ccc(Nn2ccnc2)cc1. The average molecular weight is 194 g/mol. The molecule has 0 fully saturated rings. The van der Waals surface area contributed by atoms with Gasteiger partial charge in [0.05, 0.1) is 5.69 Å². The first-order chi connectivity index (χ1) is 6.34. The minimum atomic E-state index is 0.733. The molecule has 2 aromatic rings. The summed E-state index contributed by atoms with van der Waals surface area (Å²) in [5, 5.41) is 0.733. The smallest absolute Gasteiger partial charge is 0.114 e. The lowest BCUT2D eigenvalue weighted by Gasteiger charge is -2.05. The van der Waals surface area contributed by atoms with Crippen LogP contribution in [0, 0.1) is 0 Å². The van der Waals surface area contributed by atoms with Crippen molar-refractivity contribution in [2.75, 3.05) is 5.43 Å². The number of hydrogen-bond acceptors (Lipinski definition) is 2. The lowest BCUT2D eigenvalue weighted by atomic mass is 10.3. The average Bonchev–Trinajstić information content (AvgIpc) is 2.62. The molecule has 0 atom stereocenters. The Morgan fingerprint density at radius 1 is 1.23 bits per heavy atom. The zero-order chi connectivity index (χ0) is 9.10. The molecule has 0 amide bonds. The summed E-state index contributed by atoms with van der Waals surface area (Å²) in [5.74, 6) is 0. The second-order valence-electron chi connectivity index (χ2n) is 2.59. The van der Waals surface area contributed by atoms with Crippen LogP contribution >= 0.6 is 11.6 Å². The summed E-state index contributed by atoms with van der Waals surface area (Å²) in [6.45, 7) is 0. The second-order valence-corrected chi connectivity index (χ2v) is 3.03. The molecule has 0 spiro atoms. The van der Waals surface area contributed by atoms with E-state index in [1.54, 1.807) is 17.2 Å². The van der Waals surface area contributed by atoms with Crippen molar-refractivity contribution < 1.29 is 0 Å². The van der Waals surface area contributed by atoms with E-state index >= 15 is 0 Å². The molecule has 4 heteroatoms. The number of rotatable bonds is 2. The number of aromatic nitrogens is 2. The van der Waals surface area contributed by atoms with Gasteiger partial charge in [0, 0.05) is 17.4 Å². The van der Waals surface area contributed by atoms with E-state index in [0.717, 1.165) is 10.7 Å². The number of imidazole rings is 1. The number of nitrogens with one attached hydrogen (secondary N) is 1. The van der Waals surface area contributed by atoms with Gasteiger partial charge in [0.15, 0.2) is 0 Å². The van der Waals surface area contributed by atoms with Gasteiger partial charge in [-0.05, 0) is 24.3 Å². The molecule has 3 nitrogen and oxygen atoms in total. The third-order valence-corrected chi connectivity index (χ3v) is 1.86. The highest BCUT2D eigenvalue weighted by Crippen LogP contribution is 2.13. The first-order valence-electron chi connectivity index (χ1n) is 3.85. The fraction of sp³-hybridized carbons (Fsp3) is 0. The molecule has 2 rings (SSSR count). The number of hydrogen-bond donors (Lipinski definition) is 1. The van der Waals surface area contributed by atoms with E-state index in [1.165, 1.54) is 0 Å². The van der Waals surface area contributed by atoms with Crippen molar-refractivity contribution in [2.45, 2.75) is 0 Å². The zero-order valence-corrected chi connectivity index (χ0v) is 7.57. The molecular formula is C9H8ClN3. The molecular weight excluding hydrogens is 186 g/mol. The van der Waals surface area contributed by atoms with Gasteiger partial charge in [-0.3, -0.25) is 10.1 Å². The van der Waals surface area contributed by atoms with E-state index in [9.17, 15) is 0 Å². The summed E-state index contributed by atoms with van der Waals surface area (Å²) in [6, 6.07) is 7.48. The molecule has 1 aromatic carbocycles. The summed E-state index contributed by atoms with van der Waals surface area (Å²) in [7, 11) is 0. The molecule has 0 radical (unpaired) electrons. The van der Waals surface area contributed by atoms with Gasteiger partial charge in [-0.1, -0.05) is 11.6 Å².